The van der Waals surface area contributed by atoms with Gasteiger partial charge >= 0.3 is 12.0 Å². The summed E-state index contributed by atoms with van der Waals surface area (Å²) in [5, 5.41) is 29.2. The van der Waals surface area contributed by atoms with Crippen molar-refractivity contribution in [3.8, 4) is 0 Å². The van der Waals surface area contributed by atoms with Crippen LogP contribution in [0.3, 0.4) is 0 Å². The van der Waals surface area contributed by atoms with Gasteiger partial charge in [-0.2, -0.15) is 0 Å². The van der Waals surface area contributed by atoms with Crippen LogP contribution in [-0.4, -0.2) is 64.1 Å². The number of carboxylic acid groups (broad SMARTS) is 1. The molecule has 0 spiro atoms. The van der Waals surface area contributed by atoms with E-state index in [9.17, 15) is 14.7 Å². The Labute approximate surface area is 105 Å². The highest BCUT2D eigenvalue weighted by molar-refractivity contribution is 5.82. The van der Waals surface area contributed by atoms with Gasteiger partial charge in [0, 0.05) is 13.1 Å². The molecule has 7 nitrogen and oxygen atoms in total. The van der Waals surface area contributed by atoms with Gasteiger partial charge in [0.2, 0.25) is 0 Å². The molecule has 2 atom stereocenters. The Hall–Kier alpha value is -1.34. The second-order valence-electron chi connectivity index (χ2n) is 4.59. The number of nitrogens with one attached hydrogen (secondary N) is 1. The molecule has 0 aromatic carbocycles. The second kappa shape index (κ2) is 6.55. The van der Waals surface area contributed by atoms with Crippen molar-refractivity contribution in [2.75, 3.05) is 19.7 Å². The number of carboxylic acids is 1. The lowest BCUT2D eigenvalue weighted by atomic mass is 9.92. The number of carbonyl (C=O) groups excluding carboxylic acids is 1. The molecule has 0 bridgehead atoms. The minimum Gasteiger partial charge on any atom is -0.480 e. The van der Waals surface area contributed by atoms with Gasteiger partial charge in [-0.3, -0.25) is 0 Å². The molecule has 1 saturated heterocycles. The van der Waals surface area contributed by atoms with E-state index in [0.29, 0.717) is 25.9 Å². The van der Waals surface area contributed by atoms with E-state index in [2.05, 4.69) is 5.32 Å². The summed E-state index contributed by atoms with van der Waals surface area (Å²) in [6, 6.07) is -1.76. The molecule has 2 unspecified atom stereocenters. The third-order valence-corrected chi connectivity index (χ3v) is 3.29. The van der Waals surface area contributed by atoms with Crippen molar-refractivity contribution < 1.29 is 24.9 Å². The summed E-state index contributed by atoms with van der Waals surface area (Å²) in [6.07, 6.45) is 1.00. The van der Waals surface area contributed by atoms with Crippen molar-refractivity contribution in [2.24, 2.45) is 5.92 Å². The van der Waals surface area contributed by atoms with E-state index >= 15 is 0 Å². The first kappa shape index (κ1) is 14.7. The predicted molar refractivity (Wildman–Crippen MR) is 63.0 cm³/mol. The van der Waals surface area contributed by atoms with Gasteiger partial charge < -0.3 is 25.5 Å². The molecule has 1 rings (SSSR count). The topological polar surface area (TPSA) is 110 Å². The molecule has 4 N–H and O–H groups in total. The highest BCUT2D eigenvalue weighted by Gasteiger charge is 2.27. The Bertz CT molecular complexity index is 300. The number of nitrogens with zero attached hydrogens (tertiary/aromatic N) is 1. The fourth-order valence-electron chi connectivity index (χ4n) is 2.01. The molecule has 0 aromatic rings. The molecule has 1 heterocycles. The van der Waals surface area contributed by atoms with Gasteiger partial charge in [-0.15, -0.1) is 0 Å². The number of aliphatic hydroxyl groups excluding tert-OH is 2. The molecule has 7 heteroatoms. The van der Waals surface area contributed by atoms with Crippen LogP contribution in [0.1, 0.15) is 19.8 Å². The lowest BCUT2D eigenvalue weighted by Crippen LogP contribution is -2.51. The summed E-state index contributed by atoms with van der Waals surface area (Å²) in [5.41, 5.74) is 0. The van der Waals surface area contributed by atoms with E-state index in [1.807, 2.05) is 0 Å². The normalized spacial score (nSPS) is 20.3. The number of rotatable bonds is 4. The number of aliphatic hydroxyl groups is 2. The Kier molecular flexibility index (Phi) is 5.36. The summed E-state index contributed by atoms with van der Waals surface area (Å²) in [7, 11) is 0. The van der Waals surface area contributed by atoms with Crippen molar-refractivity contribution in [3.63, 3.8) is 0 Å². The van der Waals surface area contributed by atoms with Crippen molar-refractivity contribution >= 4 is 12.0 Å². The number of likely N-dealkylation sites (tertiary alicyclic amines) is 1. The van der Waals surface area contributed by atoms with E-state index in [-0.39, 0.29) is 12.0 Å². The molecule has 1 aliphatic heterocycles. The van der Waals surface area contributed by atoms with E-state index in [0.717, 1.165) is 0 Å². The van der Waals surface area contributed by atoms with Crippen LogP contribution >= 0.6 is 0 Å². The quantitative estimate of drug-likeness (QED) is 0.531. The van der Waals surface area contributed by atoms with E-state index in [1.165, 1.54) is 4.90 Å². The third kappa shape index (κ3) is 3.85. The maximum atomic E-state index is 11.7. The molecule has 2 amide bonds. The average molecular weight is 260 g/mol. The number of hydrogen-bond donors (Lipinski definition) is 4. The molecule has 0 saturated carbocycles. The molecule has 18 heavy (non-hydrogen) atoms. The number of carbonyl (C=O) groups is 2. The van der Waals surface area contributed by atoms with Gasteiger partial charge in [-0.1, -0.05) is 0 Å². The zero-order valence-electron chi connectivity index (χ0n) is 10.4. The first-order chi connectivity index (χ1) is 8.45. The fraction of sp³-hybridized carbons (Fsp3) is 0.818. The van der Waals surface area contributed by atoms with Gasteiger partial charge in [0.25, 0.3) is 0 Å². The van der Waals surface area contributed by atoms with Crippen molar-refractivity contribution in [1.82, 2.24) is 10.2 Å². The smallest absolute Gasteiger partial charge is 0.328 e. The van der Waals surface area contributed by atoms with Crippen molar-refractivity contribution in [1.29, 1.82) is 0 Å². The minimum absolute atomic E-state index is 0.183. The molecular formula is C11H20N2O5. The SMILES string of the molecule is CC(O)C1CCN(C(=O)NC(CO)C(=O)O)CC1. The first-order valence-electron chi connectivity index (χ1n) is 6.03. The molecule has 1 aliphatic rings. The summed E-state index contributed by atoms with van der Waals surface area (Å²) in [4.78, 5) is 23.9. The van der Waals surface area contributed by atoms with Crippen LogP contribution in [0.5, 0.6) is 0 Å². The van der Waals surface area contributed by atoms with Crippen molar-refractivity contribution in [2.45, 2.75) is 31.9 Å². The number of hydrogen-bond acceptors (Lipinski definition) is 4. The Morgan fingerprint density at radius 2 is 1.94 bits per heavy atom. The highest BCUT2D eigenvalue weighted by atomic mass is 16.4. The molecular weight excluding hydrogens is 240 g/mol. The van der Waals surface area contributed by atoms with E-state index in [1.54, 1.807) is 6.92 Å². The Morgan fingerprint density at radius 3 is 2.33 bits per heavy atom. The van der Waals surface area contributed by atoms with Gasteiger partial charge in [-0.05, 0) is 25.7 Å². The van der Waals surface area contributed by atoms with Gasteiger partial charge in [-0.25, -0.2) is 9.59 Å². The zero-order chi connectivity index (χ0) is 13.7. The molecule has 0 radical (unpaired) electrons. The fourth-order valence-corrected chi connectivity index (χ4v) is 2.01. The lowest BCUT2D eigenvalue weighted by molar-refractivity contribution is -0.140. The maximum Gasteiger partial charge on any atom is 0.328 e. The number of urea groups is 1. The lowest BCUT2D eigenvalue weighted by Gasteiger charge is -2.33. The molecule has 0 aromatic heterocycles. The van der Waals surface area contributed by atoms with Crippen LogP contribution in [0.4, 0.5) is 4.79 Å². The largest absolute Gasteiger partial charge is 0.480 e. The Balaban J connectivity index is 2.42. The first-order valence-corrected chi connectivity index (χ1v) is 6.03. The van der Waals surface area contributed by atoms with E-state index in [4.69, 9.17) is 10.2 Å². The summed E-state index contributed by atoms with van der Waals surface area (Å²) >= 11 is 0. The molecule has 0 aliphatic carbocycles. The summed E-state index contributed by atoms with van der Waals surface area (Å²) in [6.45, 7) is 2.07. The summed E-state index contributed by atoms with van der Waals surface area (Å²) < 4.78 is 0. The molecule has 1 fully saturated rings. The third-order valence-electron chi connectivity index (χ3n) is 3.29. The Morgan fingerprint density at radius 1 is 1.39 bits per heavy atom. The minimum atomic E-state index is -1.27. The van der Waals surface area contributed by atoms with Crippen LogP contribution in [0.2, 0.25) is 0 Å². The molecule has 104 valence electrons. The number of piperidine rings is 1. The number of aliphatic carboxylic acids is 1. The van der Waals surface area contributed by atoms with Crippen LogP contribution < -0.4 is 5.32 Å². The van der Waals surface area contributed by atoms with Gasteiger partial charge in [0.05, 0.1) is 12.7 Å². The van der Waals surface area contributed by atoms with E-state index < -0.39 is 24.6 Å². The van der Waals surface area contributed by atoms with Crippen LogP contribution in [0, 0.1) is 5.92 Å². The monoisotopic (exact) mass is 260 g/mol. The van der Waals surface area contributed by atoms with Crippen molar-refractivity contribution in [3.05, 3.63) is 0 Å². The predicted octanol–water partition coefficient (Wildman–Crippen LogP) is -0.766. The van der Waals surface area contributed by atoms with Crippen LogP contribution in [0.25, 0.3) is 0 Å². The van der Waals surface area contributed by atoms with Crippen LogP contribution in [-0.2, 0) is 4.79 Å². The maximum absolute atomic E-state index is 11.7. The second-order valence-corrected chi connectivity index (χ2v) is 4.59. The summed E-state index contributed by atoms with van der Waals surface area (Å²) in [5.74, 6) is -1.08. The van der Waals surface area contributed by atoms with Gasteiger partial charge in [0.15, 0.2) is 6.04 Å². The number of amides is 2. The zero-order valence-corrected chi connectivity index (χ0v) is 10.4. The highest BCUT2D eigenvalue weighted by Crippen LogP contribution is 2.20. The van der Waals surface area contributed by atoms with Gasteiger partial charge in [0.1, 0.15) is 0 Å². The van der Waals surface area contributed by atoms with Crippen LogP contribution in [0.15, 0.2) is 0 Å². The standard InChI is InChI=1S/C11H20N2O5/c1-7(15)8-2-4-13(5-3-8)11(18)12-9(6-14)10(16)17/h7-9,14-15H,2-6H2,1H3,(H,12,18)(H,16,17). The average Bonchev–Trinajstić information content (AvgIpc) is 2.35.